The van der Waals surface area contributed by atoms with E-state index in [1.54, 1.807) is 24.8 Å². The summed E-state index contributed by atoms with van der Waals surface area (Å²) in [6.07, 6.45) is 5.01. The normalized spacial score (nSPS) is 23.7. The van der Waals surface area contributed by atoms with Crippen molar-refractivity contribution in [2.45, 2.75) is 31.0 Å². The van der Waals surface area contributed by atoms with Gasteiger partial charge in [-0.05, 0) is 31.5 Å². The zero-order valence-electron chi connectivity index (χ0n) is 16.5. The molecule has 9 heteroatoms. The van der Waals surface area contributed by atoms with Crippen LogP contribution >= 0.6 is 0 Å². The van der Waals surface area contributed by atoms with E-state index in [2.05, 4.69) is 25.6 Å². The van der Waals surface area contributed by atoms with Crippen LogP contribution < -0.4 is 10.6 Å². The molecule has 2 aliphatic rings. The van der Waals surface area contributed by atoms with Crippen molar-refractivity contribution in [2.24, 2.45) is 0 Å². The number of esters is 1. The van der Waals surface area contributed by atoms with Crippen LogP contribution in [0.15, 0.2) is 43.0 Å². The number of benzene rings is 1. The second-order valence-corrected chi connectivity index (χ2v) is 7.69. The maximum absolute atomic E-state index is 12.1. The number of nitrogens with zero attached hydrogens (tertiary/aromatic N) is 4. The fourth-order valence-electron chi connectivity index (χ4n) is 4.02. The average Bonchev–Trinajstić information content (AvgIpc) is 3.53. The number of ether oxygens (including phenoxy) is 2. The van der Waals surface area contributed by atoms with Gasteiger partial charge in [0.2, 0.25) is 0 Å². The molecule has 3 atom stereocenters. The Bertz CT molecular complexity index is 1020. The second-order valence-electron chi connectivity index (χ2n) is 7.69. The molecule has 0 spiro atoms. The van der Waals surface area contributed by atoms with Crippen molar-refractivity contribution < 1.29 is 14.3 Å². The lowest BCUT2D eigenvalue weighted by Crippen LogP contribution is -2.23. The first-order valence-electron chi connectivity index (χ1n) is 10.3. The van der Waals surface area contributed by atoms with Crippen LogP contribution in [0.2, 0.25) is 0 Å². The monoisotopic (exact) mass is 408 g/mol. The molecule has 2 aromatic heterocycles. The third-order valence-corrected chi connectivity index (χ3v) is 5.62. The molecule has 2 saturated heterocycles. The summed E-state index contributed by atoms with van der Waals surface area (Å²) in [5, 5.41) is 6.81. The topological polar surface area (TPSA) is 103 Å². The number of fused-ring (bicyclic) bond motifs is 1. The van der Waals surface area contributed by atoms with Crippen molar-refractivity contribution in [2.75, 3.05) is 31.6 Å². The van der Waals surface area contributed by atoms with E-state index in [9.17, 15) is 4.79 Å². The van der Waals surface area contributed by atoms with Crippen molar-refractivity contribution in [1.29, 1.82) is 0 Å². The van der Waals surface area contributed by atoms with Crippen molar-refractivity contribution in [1.82, 2.24) is 24.8 Å². The highest BCUT2D eigenvalue weighted by molar-refractivity contribution is 5.89. The molecule has 156 valence electrons. The van der Waals surface area contributed by atoms with Gasteiger partial charge in [-0.25, -0.2) is 19.7 Å². The summed E-state index contributed by atoms with van der Waals surface area (Å²) >= 11 is 0. The van der Waals surface area contributed by atoms with Gasteiger partial charge in [-0.1, -0.05) is 18.2 Å². The smallest absolute Gasteiger partial charge is 0.338 e. The van der Waals surface area contributed by atoms with Crippen molar-refractivity contribution >= 4 is 23.0 Å². The van der Waals surface area contributed by atoms with Crippen molar-refractivity contribution in [3.05, 3.63) is 48.5 Å². The molecule has 30 heavy (non-hydrogen) atoms. The van der Waals surface area contributed by atoms with Crippen LogP contribution in [-0.2, 0) is 9.47 Å². The minimum Gasteiger partial charge on any atom is -0.459 e. The number of hydrogen-bond acceptors (Lipinski definition) is 8. The van der Waals surface area contributed by atoms with E-state index < -0.39 is 0 Å². The van der Waals surface area contributed by atoms with E-state index in [4.69, 9.17) is 9.47 Å². The first kappa shape index (κ1) is 19.0. The first-order chi connectivity index (χ1) is 14.8. The van der Waals surface area contributed by atoms with Crippen LogP contribution in [0.5, 0.6) is 0 Å². The Morgan fingerprint density at radius 3 is 3.00 bits per heavy atom. The maximum atomic E-state index is 12.1. The maximum Gasteiger partial charge on any atom is 0.338 e. The lowest BCUT2D eigenvalue weighted by Gasteiger charge is -2.13. The fraction of sp³-hybridized carbons (Fsp3) is 0.429. The van der Waals surface area contributed by atoms with Gasteiger partial charge in [0.1, 0.15) is 18.5 Å². The summed E-state index contributed by atoms with van der Waals surface area (Å²) in [5.74, 6) is 0.431. The summed E-state index contributed by atoms with van der Waals surface area (Å²) in [5.41, 5.74) is 2.10. The molecular weight excluding hydrogens is 384 g/mol. The molecule has 2 N–H and O–H groups in total. The Balaban J connectivity index is 1.24. The van der Waals surface area contributed by atoms with E-state index in [0.717, 1.165) is 42.9 Å². The summed E-state index contributed by atoms with van der Waals surface area (Å²) in [6.45, 7) is 2.69. The highest BCUT2D eigenvalue weighted by atomic mass is 16.6. The molecule has 0 aliphatic carbocycles. The predicted molar refractivity (Wildman–Crippen MR) is 110 cm³/mol. The zero-order chi connectivity index (χ0) is 20.3. The Hall–Kier alpha value is -3.04. The largest absolute Gasteiger partial charge is 0.459 e. The molecule has 1 aromatic carbocycles. The quantitative estimate of drug-likeness (QED) is 0.595. The molecule has 2 fully saturated rings. The SMILES string of the molecule is O=C(OC[C@@H]1C[C@@H](n2cnc3c(N[C@@H]4CCNC4)ncnc32)CO1)c1ccccc1. The number of hydrogen-bond donors (Lipinski definition) is 2. The summed E-state index contributed by atoms with van der Waals surface area (Å²) in [4.78, 5) is 25.5. The Morgan fingerprint density at radius 2 is 2.17 bits per heavy atom. The number of rotatable bonds is 6. The molecule has 0 amide bonds. The van der Waals surface area contributed by atoms with Gasteiger partial charge in [-0.3, -0.25) is 0 Å². The predicted octanol–water partition coefficient (Wildman–Crippen LogP) is 1.79. The van der Waals surface area contributed by atoms with Crippen LogP contribution in [-0.4, -0.2) is 63.9 Å². The lowest BCUT2D eigenvalue weighted by molar-refractivity contribution is 0.0158. The number of anilines is 1. The van der Waals surface area contributed by atoms with Crippen molar-refractivity contribution in [3.63, 3.8) is 0 Å². The third kappa shape index (κ3) is 3.86. The minimum absolute atomic E-state index is 0.0892. The lowest BCUT2D eigenvalue weighted by atomic mass is 10.2. The molecular formula is C21H24N6O3. The second kappa shape index (κ2) is 8.37. The highest BCUT2D eigenvalue weighted by Gasteiger charge is 2.30. The van der Waals surface area contributed by atoms with Gasteiger partial charge in [0, 0.05) is 12.6 Å². The third-order valence-electron chi connectivity index (χ3n) is 5.62. The number of carbonyl (C=O) groups is 1. The molecule has 2 aliphatic heterocycles. The van der Waals surface area contributed by atoms with Crippen LogP contribution in [0, 0.1) is 0 Å². The van der Waals surface area contributed by atoms with Crippen LogP contribution in [0.1, 0.15) is 29.2 Å². The van der Waals surface area contributed by atoms with Gasteiger partial charge in [0.15, 0.2) is 11.5 Å². The van der Waals surface area contributed by atoms with Gasteiger partial charge < -0.3 is 24.7 Å². The molecule has 0 bridgehead atoms. The molecule has 9 nitrogen and oxygen atoms in total. The van der Waals surface area contributed by atoms with E-state index >= 15 is 0 Å². The fourth-order valence-corrected chi connectivity index (χ4v) is 4.02. The summed E-state index contributed by atoms with van der Waals surface area (Å²) < 4.78 is 13.3. The number of nitrogens with one attached hydrogen (secondary N) is 2. The number of aromatic nitrogens is 4. The van der Waals surface area contributed by atoms with E-state index in [0.29, 0.717) is 18.2 Å². The molecule has 0 unspecified atom stereocenters. The Kier molecular flexibility index (Phi) is 5.29. The summed E-state index contributed by atoms with van der Waals surface area (Å²) in [7, 11) is 0. The Labute approximate surface area is 173 Å². The minimum atomic E-state index is -0.333. The van der Waals surface area contributed by atoms with Gasteiger partial charge in [0.05, 0.1) is 30.6 Å². The van der Waals surface area contributed by atoms with E-state index in [1.165, 1.54) is 0 Å². The number of carbonyl (C=O) groups excluding carboxylic acids is 1. The first-order valence-corrected chi connectivity index (χ1v) is 10.3. The van der Waals surface area contributed by atoms with Crippen LogP contribution in [0.3, 0.4) is 0 Å². The zero-order valence-corrected chi connectivity index (χ0v) is 16.5. The molecule has 5 rings (SSSR count). The molecule has 4 heterocycles. The average molecular weight is 408 g/mol. The number of imidazole rings is 1. The highest BCUT2D eigenvalue weighted by Crippen LogP contribution is 2.29. The standard InChI is InChI=1S/C21H24N6O3/c28-21(14-4-2-1-3-5-14)30-11-17-8-16(10-29-17)27-13-25-18-19(23-12-24-20(18)27)26-15-6-7-22-9-15/h1-5,12-13,15-17,22H,6-11H2,(H,23,24,26)/t15-,16-,17+/m1/s1. The van der Waals surface area contributed by atoms with Gasteiger partial charge in [-0.2, -0.15) is 0 Å². The van der Waals surface area contributed by atoms with Gasteiger partial charge >= 0.3 is 5.97 Å². The molecule has 0 saturated carbocycles. The molecule has 0 radical (unpaired) electrons. The van der Waals surface area contributed by atoms with Crippen LogP contribution in [0.25, 0.3) is 11.2 Å². The Morgan fingerprint density at radius 1 is 1.27 bits per heavy atom. The van der Waals surface area contributed by atoms with Gasteiger partial charge in [0.25, 0.3) is 0 Å². The van der Waals surface area contributed by atoms with Gasteiger partial charge in [-0.15, -0.1) is 0 Å². The van der Waals surface area contributed by atoms with Crippen LogP contribution in [0.4, 0.5) is 5.82 Å². The van der Waals surface area contributed by atoms with Crippen molar-refractivity contribution in [3.8, 4) is 0 Å². The summed E-state index contributed by atoms with van der Waals surface area (Å²) in [6, 6.07) is 9.43. The molecule has 3 aromatic rings. The van der Waals surface area contributed by atoms with E-state index in [1.807, 2.05) is 22.8 Å². The van der Waals surface area contributed by atoms with E-state index in [-0.39, 0.29) is 24.7 Å².